The minimum atomic E-state index is -3.55. The summed E-state index contributed by atoms with van der Waals surface area (Å²) in [6, 6.07) is 8.85. The van der Waals surface area contributed by atoms with Gasteiger partial charge in [0, 0.05) is 6.42 Å². The van der Waals surface area contributed by atoms with E-state index in [1.54, 1.807) is 24.3 Å². The van der Waals surface area contributed by atoms with Gasteiger partial charge in [0.2, 0.25) is 7.37 Å². The van der Waals surface area contributed by atoms with Gasteiger partial charge in [-0.1, -0.05) is 30.3 Å². The predicted octanol–water partition coefficient (Wildman–Crippen LogP) is 1.61. The van der Waals surface area contributed by atoms with Gasteiger partial charge in [0.05, 0.1) is 11.9 Å². The third-order valence-corrected chi connectivity index (χ3v) is 4.54. The Balaban J connectivity index is 2.61. The number of aliphatic carboxylic acids is 1. The van der Waals surface area contributed by atoms with E-state index in [1.807, 2.05) is 6.07 Å². The molecule has 0 aliphatic rings. The molecule has 0 aromatic heterocycles. The zero-order valence-electron chi connectivity index (χ0n) is 9.32. The van der Waals surface area contributed by atoms with Gasteiger partial charge in [-0.25, -0.2) is 0 Å². The van der Waals surface area contributed by atoms with E-state index >= 15 is 0 Å². The zero-order valence-corrected chi connectivity index (χ0v) is 10.2. The van der Waals surface area contributed by atoms with Crippen LogP contribution in [0, 0.1) is 0 Å². The normalized spacial score (nSPS) is 16.1. The van der Waals surface area contributed by atoms with Crippen LogP contribution in [0.4, 0.5) is 0 Å². The highest BCUT2D eigenvalue weighted by atomic mass is 31.2. The number of benzene rings is 1. The largest absolute Gasteiger partial charge is 0.481 e. The summed E-state index contributed by atoms with van der Waals surface area (Å²) in [7, 11) is -3.55. The van der Waals surface area contributed by atoms with Gasteiger partial charge in [-0.05, 0) is 12.0 Å². The lowest BCUT2D eigenvalue weighted by Gasteiger charge is -2.18. The maximum Gasteiger partial charge on any atom is 0.303 e. The average molecular weight is 257 g/mol. The minimum absolute atomic E-state index is 0.00987. The molecule has 0 saturated carbocycles. The third kappa shape index (κ3) is 4.69. The molecule has 1 rings (SSSR count). The molecule has 0 spiro atoms. The van der Waals surface area contributed by atoms with Crippen LogP contribution in [-0.4, -0.2) is 21.8 Å². The summed E-state index contributed by atoms with van der Waals surface area (Å²) in [5, 5.41) is 8.49. The SMILES string of the molecule is NC(CCC(=O)O)P(=O)(O)Cc1ccccc1. The van der Waals surface area contributed by atoms with Crippen molar-refractivity contribution < 1.29 is 19.4 Å². The molecule has 0 amide bonds. The van der Waals surface area contributed by atoms with E-state index in [9.17, 15) is 14.3 Å². The molecule has 0 saturated heterocycles. The first-order valence-electron chi connectivity index (χ1n) is 5.24. The number of hydrogen-bond acceptors (Lipinski definition) is 3. The smallest absolute Gasteiger partial charge is 0.303 e. The summed E-state index contributed by atoms with van der Waals surface area (Å²) in [5.41, 5.74) is 6.30. The van der Waals surface area contributed by atoms with Gasteiger partial charge >= 0.3 is 5.97 Å². The van der Waals surface area contributed by atoms with E-state index in [-0.39, 0.29) is 19.0 Å². The number of hydrogen-bond donors (Lipinski definition) is 3. The molecule has 0 aliphatic heterocycles. The highest BCUT2D eigenvalue weighted by Gasteiger charge is 2.28. The topological polar surface area (TPSA) is 101 Å². The Morgan fingerprint density at radius 1 is 1.35 bits per heavy atom. The second-order valence-electron chi connectivity index (χ2n) is 3.90. The van der Waals surface area contributed by atoms with E-state index in [1.165, 1.54) is 0 Å². The van der Waals surface area contributed by atoms with Crippen LogP contribution >= 0.6 is 7.37 Å². The van der Waals surface area contributed by atoms with Crippen LogP contribution in [0.5, 0.6) is 0 Å². The van der Waals surface area contributed by atoms with Crippen LogP contribution in [0.3, 0.4) is 0 Å². The highest BCUT2D eigenvalue weighted by Crippen LogP contribution is 2.48. The van der Waals surface area contributed by atoms with Crippen molar-refractivity contribution in [2.24, 2.45) is 5.73 Å². The Labute approximate surface area is 99.7 Å². The highest BCUT2D eigenvalue weighted by molar-refractivity contribution is 7.57. The molecule has 0 aliphatic carbocycles. The number of rotatable bonds is 6. The fourth-order valence-corrected chi connectivity index (χ4v) is 2.94. The molecule has 94 valence electrons. The molecule has 6 heteroatoms. The Hall–Kier alpha value is -1.16. The molecule has 0 fully saturated rings. The van der Waals surface area contributed by atoms with Crippen molar-refractivity contribution in [1.29, 1.82) is 0 Å². The van der Waals surface area contributed by atoms with Crippen molar-refractivity contribution >= 4 is 13.3 Å². The summed E-state index contributed by atoms with van der Waals surface area (Å²) in [6.45, 7) is 0. The van der Waals surface area contributed by atoms with Crippen molar-refractivity contribution in [3.05, 3.63) is 35.9 Å². The lowest BCUT2D eigenvalue weighted by atomic mass is 10.2. The van der Waals surface area contributed by atoms with Crippen molar-refractivity contribution in [1.82, 2.24) is 0 Å². The Kier molecular flexibility index (Phi) is 4.87. The molecular weight excluding hydrogens is 241 g/mol. The summed E-state index contributed by atoms with van der Waals surface area (Å²) in [5.74, 6) is -2.00. The second kappa shape index (κ2) is 5.96. The average Bonchev–Trinajstić information content (AvgIpc) is 2.26. The quantitative estimate of drug-likeness (QED) is 0.672. The Morgan fingerprint density at radius 3 is 2.47 bits per heavy atom. The van der Waals surface area contributed by atoms with Gasteiger partial charge in [0.15, 0.2) is 0 Å². The first-order valence-corrected chi connectivity index (χ1v) is 7.16. The Bertz CT molecular complexity index is 421. The summed E-state index contributed by atoms with van der Waals surface area (Å²) in [4.78, 5) is 20.1. The zero-order chi connectivity index (χ0) is 12.9. The molecule has 4 N–H and O–H groups in total. The van der Waals surface area contributed by atoms with Gasteiger partial charge in [-0.3, -0.25) is 9.36 Å². The molecule has 1 aromatic rings. The Morgan fingerprint density at radius 2 is 1.94 bits per heavy atom. The lowest BCUT2D eigenvalue weighted by molar-refractivity contribution is -0.137. The van der Waals surface area contributed by atoms with E-state index in [2.05, 4.69) is 0 Å². The molecule has 2 atom stereocenters. The van der Waals surface area contributed by atoms with Gasteiger partial charge in [0.1, 0.15) is 0 Å². The van der Waals surface area contributed by atoms with E-state index in [4.69, 9.17) is 10.8 Å². The maximum absolute atomic E-state index is 11.9. The molecular formula is C11H16NO4P. The standard InChI is InChI=1S/C11H16NO4P/c12-10(6-7-11(13)14)17(15,16)8-9-4-2-1-3-5-9/h1-5,10H,6-8,12H2,(H,13,14)(H,15,16). The van der Waals surface area contributed by atoms with E-state index in [0.29, 0.717) is 0 Å². The first-order chi connectivity index (χ1) is 7.92. The van der Waals surface area contributed by atoms with Crippen LogP contribution in [0.25, 0.3) is 0 Å². The van der Waals surface area contributed by atoms with Gasteiger partial charge in [-0.2, -0.15) is 0 Å². The van der Waals surface area contributed by atoms with Crippen molar-refractivity contribution in [2.75, 3.05) is 0 Å². The molecule has 5 nitrogen and oxygen atoms in total. The van der Waals surface area contributed by atoms with Crippen molar-refractivity contribution in [3.63, 3.8) is 0 Å². The maximum atomic E-state index is 11.9. The monoisotopic (exact) mass is 257 g/mol. The molecule has 0 bridgehead atoms. The number of carboxylic acid groups (broad SMARTS) is 1. The predicted molar refractivity (Wildman–Crippen MR) is 64.8 cm³/mol. The molecule has 17 heavy (non-hydrogen) atoms. The van der Waals surface area contributed by atoms with Gasteiger partial charge in [0.25, 0.3) is 0 Å². The first kappa shape index (κ1) is 13.9. The fraction of sp³-hybridized carbons (Fsp3) is 0.364. The van der Waals surface area contributed by atoms with Gasteiger partial charge in [-0.15, -0.1) is 0 Å². The molecule has 1 aromatic carbocycles. The van der Waals surface area contributed by atoms with Crippen molar-refractivity contribution in [2.45, 2.75) is 24.8 Å². The van der Waals surface area contributed by atoms with Gasteiger partial charge < -0.3 is 15.7 Å². The van der Waals surface area contributed by atoms with E-state index in [0.717, 1.165) is 5.56 Å². The van der Waals surface area contributed by atoms with Crippen molar-refractivity contribution in [3.8, 4) is 0 Å². The van der Waals surface area contributed by atoms with E-state index < -0.39 is 19.1 Å². The van der Waals surface area contributed by atoms with Crippen LogP contribution in [0.1, 0.15) is 18.4 Å². The second-order valence-corrected chi connectivity index (χ2v) is 6.39. The summed E-state index contributed by atoms with van der Waals surface area (Å²) < 4.78 is 11.9. The third-order valence-electron chi connectivity index (χ3n) is 2.42. The lowest BCUT2D eigenvalue weighted by Crippen LogP contribution is -2.22. The fourth-order valence-electron chi connectivity index (χ4n) is 1.44. The summed E-state index contributed by atoms with van der Waals surface area (Å²) in [6.07, 6.45) is -0.203. The van der Waals surface area contributed by atoms with Crippen LogP contribution in [0.2, 0.25) is 0 Å². The molecule has 0 heterocycles. The minimum Gasteiger partial charge on any atom is -0.481 e. The molecule has 2 unspecified atom stereocenters. The number of nitrogens with two attached hydrogens (primary N) is 1. The summed E-state index contributed by atoms with van der Waals surface area (Å²) >= 11 is 0. The van der Waals surface area contributed by atoms with Crippen LogP contribution < -0.4 is 5.73 Å². The number of carboxylic acids is 1. The van der Waals surface area contributed by atoms with Crippen LogP contribution in [-0.2, 0) is 15.5 Å². The number of carbonyl (C=O) groups is 1. The molecule has 0 radical (unpaired) electrons. The van der Waals surface area contributed by atoms with Crippen LogP contribution in [0.15, 0.2) is 30.3 Å².